The first kappa shape index (κ1) is 16.3. The van der Waals surface area contributed by atoms with Crippen LogP contribution in [0.5, 0.6) is 0 Å². The van der Waals surface area contributed by atoms with Gasteiger partial charge in [-0.05, 0) is 42.9 Å². The van der Waals surface area contributed by atoms with Crippen LogP contribution in [0.4, 0.5) is 15.9 Å². The zero-order chi connectivity index (χ0) is 16.9. The van der Waals surface area contributed by atoms with Gasteiger partial charge in [0.1, 0.15) is 5.82 Å². The summed E-state index contributed by atoms with van der Waals surface area (Å²) < 4.78 is 12.9. The lowest BCUT2D eigenvalue weighted by atomic mass is 10.2. The minimum atomic E-state index is -0.296. The van der Waals surface area contributed by atoms with Gasteiger partial charge in [0, 0.05) is 31.9 Å². The molecule has 6 nitrogen and oxygen atoms in total. The summed E-state index contributed by atoms with van der Waals surface area (Å²) >= 11 is 0. The normalized spacial score (nSPS) is 15.3. The van der Waals surface area contributed by atoms with Crippen LogP contribution in [0.1, 0.15) is 17.4 Å². The number of likely N-dealkylation sites (N-methyl/N-ethyl adjacent to an activating group) is 1. The number of hydrogen-bond acceptors (Lipinski definition) is 5. The van der Waals surface area contributed by atoms with Gasteiger partial charge >= 0.3 is 0 Å². The molecule has 2 aromatic rings. The summed E-state index contributed by atoms with van der Waals surface area (Å²) in [4.78, 5) is 16.6. The zero-order valence-corrected chi connectivity index (χ0v) is 13.6. The maximum absolute atomic E-state index is 12.9. The van der Waals surface area contributed by atoms with Crippen LogP contribution >= 0.6 is 0 Å². The van der Waals surface area contributed by atoms with Gasteiger partial charge in [-0.25, -0.2) is 4.39 Å². The molecule has 0 bridgehead atoms. The van der Waals surface area contributed by atoms with Gasteiger partial charge in [0.05, 0.1) is 0 Å². The summed E-state index contributed by atoms with van der Waals surface area (Å²) in [6.07, 6.45) is 0. The van der Waals surface area contributed by atoms with Crippen LogP contribution in [0, 0.1) is 5.82 Å². The van der Waals surface area contributed by atoms with Crippen LogP contribution in [-0.4, -0.2) is 58.6 Å². The van der Waals surface area contributed by atoms with E-state index in [1.807, 2.05) is 4.90 Å². The number of amides is 1. The molecule has 3 rings (SSSR count). The third-order valence-electron chi connectivity index (χ3n) is 4.11. The van der Waals surface area contributed by atoms with Crippen molar-refractivity contribution in [3.05, 3.63) is 47.9 Å². The van der Waals surface area contributed by atoms with E-state index >= 15 is 0 Å². The van der Waals surface area contributed by atoms with Crippen molar-refractivity contribution < 1.29 is 9.18 Å². The van der Waals surface area contributed by atoms with Crippen molar-refractivity contribution in [1.29, 1.82) is 0 Å². The molecule has 1 aliphatic heterocycles. The number of carbonyl (C=O) groups is 1. The molecule has 1 N–H and O–H groups in total. The molecule has 1 amide bonds. The quantitative estimate of drug-likeness (QED) is 0.931. The number of halogens is 1. The number of nitrogens with zero attached hydrogens (tertiary/aromatic N) is 4. The standard InChI is InChI=1S/C17H20FN5O/c1-2-22-9-11-23(12-10-22)17(24)15-7-8-16(21-20-15)19-14-5-3-13(18)4-6-14/h3-8H,2,9-12H2,1H3,(H,19,21). The van der Waals surface area contributed by atoms with Gasteiger partial charge in [-0.3, -0.25) is 4.79 Å². The second-order valence-electron chi connectivity index (χ2n) is 5.66. The summed E-state index contributed by atoms with van der Waals surface area (Å²) in [6, 6.07) is 9.32. The Kier molecular flexibility index (Phi) is 5.00. The number of hydrogen-bond donors (Lipinski definition) is 1. The lowest BCUT2D eigenvalue weighted by molar-refractivity contribution is 0.0636. The molecule has 7 heteroatoms. The first-order chi connectivity index (χ1) is 11.7. The summed E-state index contributed by atoms with van der Waals surface area (Å²) in [5, 5.41) is 11.1. The largest absolute Gasteiger partial charge is 0.339 e. The summed E-state index contributed by atoms with van der Waals surface area (Å²) in [6.45, 7) is 6.33. The number of aromatic nitrogens is 2. The number of rotatable bonds is 4. The second kappa shape index (κ2) is 7.35. The number of anilines is 2. The Morgan fingerprint density at radius 3 is 2.38 bits per heavy atom. The van der Waals surface area contributed by atoms with Crippen molar-refractivity contribution in [2.45, 2.75) is 6.92 Å². The number of carbonyl (C=O) groups excluding carboxylic acids is 1. The van der Waals surface area contributed by atoms with E-state index in [2.05, 4.69) is 27.3 Å². The van der Waals surface area contributed by atoms with Crippen LogP contribution in [0.2, 0.25) is 0 Å². The van der Waals surface area contributed by atoms with E-state index in [9.17, 15) is 9.18 Å². The average molecular weight is 329 g/mol. The molecular formula is C17H20FN5O. The Labute approximate surface area is 140 Å². The van der Waals surface area contributed by atoms with Crippen molar-refractivity contribution in [3.63, 3.8) is 0 Å². The van der Waals surface area contributed by atoms with Gasteiger partial charge in [0.2, 0.25) is 0 Å². The second-order valence-corrected chi connectivity index (χ2v) is 5.66. The molecule has 0 aliphatic carbocycles. The SMILES string of the molecule is CCN1CCN(C(=O)c2ccc(Nc3ccc(F)cc3)nn2)CC1. The molecule has 24 heavy (non-hydrogen) atoms. The van der Waals surface area contributed by atoms with E-state index in [-0.39, 0.29) is 11.7 Å². The summed E-state index contributed by atoms with van der Waals surface area (Å²) in [5.74, 6) is 0.122. The third-order valence-corrected chi connectivity index (χ3v) is 4.11. The van der Waals surface area contributed by atoms with Crippen molar-refractivity contribution in [2.24, 2.45) is 0 Å². The van der Waals surface area contributed by atoms with Crippen molar-refractivity contribution in [2.75, 3.05) is 38.0 Å². The van der Waals surface area contributed by atoms with Gasteiger partial charge in [-0.15, -0.1) is 10.2 Å². The Hall–Kier alpha value is -2.54. The fraction of sp³-hybridized carbons (Fsp3) is 0.353. The molecule has 1 aliphatic rings. The number of benzene rings is 1. The van der Waals surface area contributed by atoms with Crippen LogP contribution in [0.15, 0.2) is 36.4 Å². The van der Waals surface area contributed by atoms with Crippen molar-refractivity contribution in [3.8, 4) is 0 Å². The highest BCUT2D eigenvalue weighted by Crippen LogP contribution is 2.15. The monoisotopic (exact) mass is 329 g/mol. The van der Waals surface area contributed by atoms with Crippen LogP contribution in [0.3, 0.4) is 0 Å². The smallest absolute Gasteiger partial charge is 0.274 e. The highest BCUT2D eigenvalue weighted by atomic mass is 19.1. The maximum atomic E-state index is 12.9. The highest BCUT2D eigenvalue weighted by Gasteiger charge is 2.22. The van der Waals surface area contributed by atoms with Gasteiger partial charge in [0.25, 0.3) is 5.91 Å². The Balaban J connectivity index is 1.61. The van der Waals surface area contributed by atoms with E-state index < -0.39 is 0 Å². The molecule has 2 heterocycles. The molecule has 0 saturated carbocycles. The molecule has 0 atom stereocenters. The molecule has 1 fully saturated rings. The average Bonchev–Trinajstić information content (AvgIpc) is 2.64. The van der Waals surface area contributed by atoms with E-state index in [1.165, 1.54) is 12.1 Å². The third kappa shape index (κ3) is 3.86. The minimum Gasteiger partial charge on any atom is -0.339 e. The van der Waals surface area contributed by atoms with Gasteiger partial charge in [-0.2, -0.15) is 0 Å². The van der Waals surface area contributed by atoms with Crippen LogP contribution in [0.25, 0.3) is 0 Å². The predicted molar refractivity (Wildman–Crippen MR) is 89.7 cm³/mol. The molecule has 0 unspecified atom stereocenters. The Morgan fingerprint density at radius 2 is 1.79 bits per heavy atom. The summed E-state index contributed by atoms with van der Waals surface area (Å²) in [7, 11) is 0. The fourth-order valence-electron chi connectivity index (χ4n) is 2.62. The van der Waals surface area contributed by atoms with E-state index in [0.717, 1.165) is 19.6 Å². The zero-order valence-electron chi connectivity index (χ0n) is 13.6. The van der Waals surface area contributed by atoms with E-state index in [1.54, 1.807) is 24.3 Å². The van der Waals surface area contributed by atoms with E-state index in [4.69, 9.17) is 0 Å². The molecular weight excluding hydrogens is 309 g/mol. The van der Waals surface area contributed by atoms with Gasteiger partial charge in [0.15, 0.2) is 11.5 Å². The van der Waals surface area contributed by atoms with Crippen molar-refractivity contribution >= 4 is 17.4 Å². The molecule has 126 valence electrons. The Bertz CT molecular complexity index is 681. The lowest BCUT2D eigenvalue weighted by Crippen LogP contribution is -2.48. The molecule has 0 spiro atoms. The predicted octanol–water partition coefficient (Wildman–Crippen LogP) is 2.14. The van der Waals surface area contributed by atoms with Crippen LogP contribution in [-0.2, 0) is 0 Å². The number of nitrogens with one attached hydrogen (secondary N) is 1. The topological polar surface area (TPSA) is 61.4 Å². The summed E-state index contributed by atoms with van der Waals surface area (Å²) in [5.41, 5.74) is 1.05. The van der Waals surface area contributed by atoms with E-state index in [0.29, 0.717) is 30.3 Å². The lowest BCUT2D eigenvalue weighted by Gasteiger charge is -2.33. The molecule has 1 aromatic heterocycles. The fourth-order valence-corrected chi connectivity index (χ4v) is 2.62. The first-order valence-corrected chi connectivity index (χ1v) is 8.03. The van der Waals surface area contributed by atoms with Gasteiger partial charge in [-0.1, -0.05) is 6.92 Å². The maximum Gasteiger partial charge on any atom is 0.274 e. The molecule has 1 aromatic carbocycles. The Morgan fingerprint density at radius 1 is 1.08 bits per heavy atom. The van der Waals surface area contributed by atoms with Crippen molar-refractivity contribution in [1.82, 2.24) is 20.0 Å². The molecule has 0 radical (unpaired) electrons. The highest BCUT2D eigenvalue weighted by molar-refractivity contribution is 5.92. The molecule has 1 saturated heterocycles. The minimum absolute atomic E-state index is 0.0911. The van der Waals surface area contributed by atoms with Gasteiger partial charge < -0.3 is 15.1 Å². The number of piperazine rings is 1. The first-order valence-electron chi connectivity index (χ1n) is 8.03. The van der Waals surface area contributed by atoms with Crippen LogP contribution < -0.4 is 5.32 Å².